The van der Waals surface area contributed by atoms with Crippen molar-refractivity contribution in [2.45, 2.75) is 38.3 Å². The normalized spacial score (nSPS) is 22.4. The number of amides is 1. The molecule has 7 nitrogen and oxygen atoms in total. The van der Waals surface area contributed by atoms with Crippen LogP contribution < -0.4 is 15.5 Å². The molecule has 8 heteroatoms. The molecule has 0 bridgehead atoms. The van der Waals surface area contributed by atoms with E-state index in [1.807, 2.05) is 12.1 Å². The summed E-state index contributed by atoms with van der Waals surface area (Å²) in [6.07, 6.45) is 3.48. The van der Waals surface area contributed by atoms with Crippen molar-refractivity contribution in [2.24, 2.45) is 4.99 Å². The van der Waals surface area contributed by atoms with Crippen molar-refractivity contribution in [3.05, 3.63) is 29.3 Å². The van der Waals surface area contributed by atoms with Gasteiger partial charge in [0.1, 0.15) is 6.54 Å². The monoisotopic (exact) mass is 434 g/mol. The first-order chi connectivity index (χ1) is 14.5. The number of carbonyl (C=O) groups is 1. The zero-order valence-electron chi connectivity index (χ0n) is 18.4. The molecule has 0 saturated carbocycles. The van der Waals surface area contributed by atoms with Crippen molar-refractivity contribution in [2.75, 3.05) is 58.3 Å². The molecule has 2 aliphatic rings. The number of carbonyl (C=O) groups excluding carboxylic acids is 1. The highest BCUT2D eigenvalue weighted by Crippen LogP contribution is 2.22. The molecule has 2 saturated heterocycles. The smallest absolute Gasteiger partial charge is 0.243 e. The third-order valence-corrected chi connectivity index (χ3v) is 6.25. The number of nitrogens with one attached hydrogen (secondary N) is 2. The number of aliphatic imine (C=N–C) groups is 1. The largest absolute Gasteiger partial charge is 0.369 e. The van der Waals surface area contributed by atoms with Gasteiger partial charge in [-0.05, 0) is 56.6 Å². The molecule has 30 heavy (non-hydrogen) atoms. The van der Waals surface area contributed by atoms with E-state index in [1.165, 1.54) is 25.1 Å². The second-order valence-electron chi connectivity index (χ2n) is 8.31. The van der Waals surface area contributed by atoms with E-state index in [2.05, 4.69) is 44.5 Å². The summed E-state index contributed by atoms with van der Waals surface area (Å²) in [6.45, 7) is 7.33. The summed E-state index contributed by atoms with van der Waals surface area (Å²) in [5, 5.41) is 7.81. The lowest BCUT2D eigenvalue weighted by atomic mass is 10.2. The molecule has 0 spiro atoms. The summed E-state index contributed by atoms with van der Waals surface area (Å²) in [4.78, 5) is 23.1. The van der Waals surface area contributed by atoms with Crippen LogP contribution in [0.2, 0.25) is 5.02 Å². The molecule has 2 aliphatic heterocycles. The minimum absolute atomic E-state index is 0.00126. The lowest BCUT2D eigenvalue weighted by Crippen LogP contribution is -2.49. The minimum atomic E-state index is 0.00126. The van der Waals surface area contributed by atoms with Gasteiger partial charge in [-0.1, -0.05) is 18.5 Å². The molecule has 2 heterocycles. The van der Waals surface area contributed by atoms with Gasteiger partial charge in [-0.25, -0.2) is 4.99 Å². The fourth-order valence-electron chi connectivity index (χ4n) is 4.16. The average molecular weight is 435 g/mol. The Balaban J connectivity index is 1.59. The van der Waals surface area contributed by atoms with Crippen molar-refractivity contribution in [3.63, 3.8) is 0 Å². The Hall–Kier alpha value is -1.99. The Bertz CT molecular complexity index is 723. The SMILES string of the molecule is CCN1CCCC1CNC(=NCC(=O)N(C)C)NC1CCN(c2ccc(Cl)cc2)C1. The molecular weight excluding hydrogens is 400 g/mol. The van der Waals surface area contributed by atoms with Gasteiger partial charge < -0.3 is 20.4 Å². The molecule has 1 aromatic carbocycles. The van der Waals surface area contributed by atoms with Crippen LogP contribution in [0.1, 0.15) is 26.2 Å². The molecule has 0 aliphatic carbocycles. The highest BCUT2D eigenvalue weighted by atomic mass is 35.5. The molecule has 2 unspecified atom stereocenters. The third kappa shape index (κ3) is 6.25. The van der Waals surface area contributed by atoms with Gasteiger partial charge in [0, 0.05) is 56.5 Å². The van der Waals surface area contributed by atoms with Crippen molar-refractivity contribution in [1.82, 2.24) is 20.4 Å². The number of rotatable bonds is 7. The van der Waals surface area contributed by atoms with E-state index in [-0.39, 0.29) is 18.5 Å². The average Bonchev–Trinajstić information content (AvgIpc) is 3.39. The molecular formula is C22H35ClN6O. The predicted molar refractivity (Wildman–Crippen MR) is 124 cm³/mol. The standard InChI is InChI=1S/C22H35ClN6O/c1-4-28-12-5-6-20(28)14-24-22(25-15-21(30)27(2)3)26-18-11-13-29(16-18)19-9-7-17(23)8-10-19/h7-10,18,20H,4-6,11-16H2,1-3H3,(H2,24,25,26). The minimum Gasteiger partial charge on any atom is -0.369 e. The van der Waals surface area contributed by atoms with Crippen molar-refractivity contribution >= 4 is 29.2 Å². The number of likely N-dealkylation sites (tertiary alicyclic amines) is 1. The van der Waals surface area contributed by atoms with Gasteiger partial charge in [0.25, 0.3) is 0 Å². The zero-order valence-corrected chi connectivity index (χ0v) is 19.2. The van der Waals surface area contributed by atoms with E-state index in [1.54, 1.807) is 19.0 Å². The van der Waals surface area contributed by atoms with E-state index in [0.29, 0.717) is 6.04 Å². The van der Waals surface area contributed by atoms with E-state index >= 15 is 0 Å². The predicted octanol–water partition coefficient (Wildman–Crippen LogP) is 2.03. The highest BCUT2D eigenvalue weighted by molar-refractivity contribution is 6.30. The molecule has 0 aromatic heterocycles. The zero-order chi connectivity index (χ0) is 21.5. The van der Waals surface area contributed by atoms with Gasteiger partial charge in [0.15, 0.2) is 5.96 Å². The summed E-state index contributed by atoms with van der Waals surface area (Å²) in [6, 6.07) is 8.80. The summed E-state index contributed by atoms with van der Waals surface area (Å²) in [5.74, 6) is 0.734. The van der Waals surface area contributed by atoms with Crippen LogP contribution in [0.3, 0.4) is 0 Å². The first-order valence-corrected chi connectivity index (χ1v) is 11.3. The molecule has 3 rings (SSSR count). The van der Waals surface area contributed by atoms with Crippen LogP contribution in [0.4, 0.5) is 5.69 Å². The Morgan fingerprint density at radius 2 is 2.00 bits per heavy atom. The number of guanidine groups is 1. The Kier molecular flexibility index (Phi) is 8.22. The second kappa shape index (κ2) is 10.9. The van der Waals surface area contributed by atoms with Crippen LogP contribution in [0.25, 0.3) is 0 Å². The molecule has 1 amide bonds. The maximum Gasteiger partial charge on any atom is 0.243 e. The second-order valence-corrected chi connectivity index (χ2v) is 8.75. The summed E-state index contributed by atoms with van der Waals surface area (Å²) < 4.78 is 0. The fraction of sp³-hybridized carbons (Fsp3) is 0.636. The number of hydrogen-bond acceptors (Lipinski definition) is 4. The maximum atomic E-state index is 12.0. The van der Waals surface area contributed by atoms with Gasteiger partial charge in [0.05, 0.1) is 0 Å². The van der Waals surface area contributed by atoms with Crippen molar-refractivity contribution < 1.29 is 4.79 Å². The number of likely N-dealkylation sites (N-methyl/N-ethyl adjacent to an activating group) is 2. The van der Waals surface area contributed by atoms with Gasteiger partial charge >= 0.3 is 0 Å². The lowest BCUT2D eigenvalue weighted by Gasteiger charge is -2.25. The summed E-state index contributed by atoms with van der Waals surface area (Å²) >= 11 is 6.02. The number of anilines is 1. The van der Waals surface area contributed by atoms with E-state index < -0.39 is 0 Å². The van der Waals surface area contributed by atoms with Crippen molar-refractivity contribution in [1.29, 1.82) is 0 Å². The Labute approximate surface area is 185 Å². The molecule has 2 atom stereocenters. The summed E-state index contributed by atoms with van der Waals surface area (Å²) in [7, 11) is 3.52. The van der Waals surface area contributed by atoms with E-state index in [4.69, 9.17) is 11.6 Å². The van der Waals surface area contributed by atoms with Crippen LogP contribution in [-0.2, 0) is 4.79 Å². The molecule has 166 valence electrons. The van der Waals surface area contributed by atoms with Crippen LogP contribution in [0.15, 0.2) is 29.3 Å². The maximum absolute atomic E-state index is 12.0. The van der Waals surface area contributed by atoms with Crippen LogP contribution >= 0.6 is 11.6 Å². The lowest BCUT2D eigenvalue weighted by molar-refractivity contribution is -0.127. The number of nitrogens with zero attached hydrogens (tertiary/aromatic N) is 4. The fourth-order valence-corrected chi connectivity index (χ4v) is 4.28. The van der Waals surface area contributed by atoms with Crippen LogP contribution in [-0.4, -0.2) is 87.1 Å². The third-order valence-electron chi connectivity index (χ3n) is 6.00. The van der Waals surface area contributed by atoms with Crippen LogP contribution in [0.5, 0.6) is 0 Å². The topological polar surface area (TPSA) is 63.2 Å². The number of hydrogen-bond donors (Lipinski definition) is 2. The van der Waals surface area contributed by atoms with Crippen molar-refractivity contribution in [3.8, 4) is 0 Å². The van der Waals surface area contributed by atoms with Gasteiger partial charge in [-0.2, -0.15) is 0 Å². The number of halogens is 1. The molecule has 2 fully saturated rings. The first kappa shape index (κ1) is 22.7. The Morgan fingerprint density at radius 3 is 2.70 bits per heavy atom. The van der Waals surface area contributed by atoms with E-state index in [0.717, 1.165) is 43.6 Å². The molecule has 1 aromatic rings. The highest BCUT2D eigenvalue weighted by Gasteiger charge is 2.26. The summed E-state index contributed by atoms with van der Waals surface area (Å²) in [5.41, 5.74) is 1.18. The Morgan fingerprint density at radius 1 is 1.23 bits per heavy atom. The van der Waals surface area contributed by atoms with Crippen LogP contribution in [0, 0.1) is 0 Å². The first-order valence-electron chi connectivity index (χ1n) is 11.0. The van der Waals surface area contributed by atoms with E-state index in [9.17, 15) is 4.79 Å². The van der Waals surface area contributed by atoms with Gasteiger partial charge in [-0.15, -0.1) is 0 Å². The van der Waals surface area contributed by atoms with Gasteiger partial charge in [0.2, 0.25) is 5.91 Å². The quantitative estimate of drug-likeness (QED) is 0.508. The molecule has 0 radical (unpaired) electrons. The molecule has 2 N–H and O–H groups in total. The number of benzene rings is 1. The van der Waals surface area contributed by atoms with Gasteiger partial charge in [-0.3, -0.25) is 9.69 Å².